The summed E-state index contributed by atoms with van der Waals surface area (Å²) >= 11 is 0. The van der Waals surface area contributed by atoms with Crippen LogP contribution in [0.15, 0.2) is 39.5 Å². The Balaban J connectivity index is 1.55. The van der Waals surface area contributed by atoms with E-state index in [0.29, 0.717) is 18.2 Å². The number of fused-ring (bicyclic) bond motifs is 1. The molecule has 1 amide bonds. The molecule has 1 aliphatic heterocycles. The maximum Gasteiger partial charge on any atom is 0.349 e. The van der Waals surface area contributed by atoms with Crippen molar-refractivity contribution in [3.05, 3.63) is 46.3 Å². The van der Waals surface area contributed by atoms with Crippen molar-refractivity contribution in [2.45, 2.75) is 38.6 Å². The van der Waals surface area contributed by atoms with E-state index >= 15 is 0 Å². The van der Waals surface area contributed by atoms with Crippen molar-refractivity contribution in [2.75, 3.05) is 19.6 Å². The molecule has 3 rings (SSSR count). The highest BCUT2D eigenvalue weighted by Gasteiger charge is 2.21. The molecule has 2 heterocycles. The van der Waals surface area contributed by atoms with E-state index in [1.54, 1.807) is 23.1 Å². The molecule has 0 spiro atoms. The Morgan fingerprint density at radius 3 is 3.00 bits per heavy atom. The molecular weight excluding hydrogens is 304 g/mol. The number of nitrogens with one attached hydrogen (secondary N) is 2. The summed E-state index contributed by atoms with van der Waals surface area (Å²) in [5.74, 6) is -0.351. The molecule has 2 aromatic rings. The third kappa shape index (κ3) is 3.85. The quantitative estimate of drug-likeness (QED) is 0.643. The van der Waals surface area contributed by atoms with E-state index in [1.165, 1.54) is 25.8 Å². The molecule has 128 valence electrons. The summed E-state index contributed by atoms with van der Waals surface area (Å²) in [6.45, 7) is 5.17. The predicted molar refractivity (Wildman–Crippen MR) is 93.4 cm³/mol. The maximum atomic E-state index is 12.2. The summed E-state index contributed by atoms with van der Waals surface area (Å²) in [4.78, 5) is 25.8. The van der Waals surface area contributed by atoms with Gasteiger partial charge in [-0.3, -0.25) is 4.79 Å². The number of rotatable bonds is 5. The van der Waals surface area contributed by atoms with Gasteiger partial charge in [-0.05, 0) is 38.3 Å². The van der Waals surface area contributed by atoms with Crippen LogP contribution in [0.1, 0.15) is 43.0 Å². The van der Waals surface area contributed by atoms with Crippen molar-refractivity contribution in [1.82, 2.24) is 5.32 Å². The number of benzene rings is 1. The van der Waals surface area contributed by atoms with E-state index in [1.807, 2.05) is 12.1 Å². The van der Waals surface area contributed by atoms with Crippen molar-refractivity contribution in [3.8, 4) is 0 Å². The van der Waals surface area contributed by atoms with Gasteiger partial charge in [0.25, 0.3) is 5.91 Å². The Morgan fingerprint density at radius 2 is 2.17 bits per heavy atom. The van der Waals surface area contributed by atoms with Crippen LogP contribution in [0.25, 0.3) is 11.0 Å². The number of piperidine rings is 1. The van der Waals surface area contributed by atoms with Gasteiger partial charge in [0, 0.05) is 18.4 Å². The minimum Gasteiger partial charge on any atom is -0.422 e. The third-order valence-electron chi connectivity index (χ3n) is 4.93. The normalized spacial score (nSPS) is 20.9. The monoisotopic (exact) mass is 329 g/mol. The molecule has 5 nitrogen and oxygen atoms in total. The Bertz CT molecular complexity index is 769. The van der Waals surface area contributed by atoms with Gasteiger partial charge in [-0.15, -0.1) is 0 Å². The Kier molecular flexibility index (Phi) is 5.30. The van der Waals surface area contributed by atoms with Crippen LogP contribution in [-0.2, 0) is 0 Å². The molecule has 1 aromatic heterocycles. The van der Waals surface area contributed by atoms with Gasteiger partial charge in [0.2, 0.25) is 0 Å². The lowest BCUT2D eigenvalue weighted by Gasteiger charge is -2.30. The summed E-state index contributed by atoms with van der Waals surface area (Å²) in [5, 5.41) is 3.60. The van der Waals surface area contributed by atoms with Gasteiger partial charge >= 0.3 is 5.63 Å². The zero-order chi connectivity index (χ0) is 16.9. The largest absolute Gasteiger partial charge is 0.422 e. The van der Waals surface area contributed by atoms with Crippen LogP contribution in [0, 0.1) is 0 Å². The fourth-order valence-corrected chi connectivity index (χ4v) is 3.46. The van der Waals surface area contributed by atoms with Crippen molar-refractivity contribution in [3.63, 3.8) is 0 Å². The number of carbonyl (C=O) groups is 1. The third-order valence-corrected chi connectivity index (χ3v) is 4.93. The van der Waals surface area contributed by atoms with Gasteiger partial charge in [-0.2, -0.15) is 0 Å². The lowest BCUT2D eigenvalue weighted by atomic mass is 10.0. The van der Waals surface area contributed by atoms with Gasteiger partial charge in [-0.25, -0.2) is 4.79 Å². The molecule has 1 aliphatic rings. The minimum atomic E-state index is -0.582. The molecule has 0 radical (unpaired) electrons. The Hall–Kier alpha value is -2.14. The average molecular weight is 329 g/mol. The fourth-order valence-electron chi connectivity index (χ4n) is 3.46. The van der Waals surface area contributed by atoms with E-state index in [2.05, 4.69) is 12.2 Å². The zero-order valence-electron chi connectivity index (χ0n) is 14.1. The van der Waals surface area contributed by atoms with Crippen LogP contribution in [0.3, 0.4) is 0 Å². The molecule has 5 heteroatoms. The summed E-state index contributed by atoms with van der Waals surface area (Å²) in [6.07, 6.45) is 4.84. The van der Waals surface area contributed by atoms with Gasteiger partial charge in [-0.1, -0.05) is 18.2 Å². The number of carbonyl (C=O) groups excluding carboxylic acids is 1. The minimum absolute atomic E-state index is 0.0763. The Labute approximate surface area is 141 Å². The number of amides is 1. The maximum absolute atomic E-state index is 12.2. The first-order chi connectivity index (χ1) is 11.6. The number of quaternary nitrogens is 1. The zero-order valence-corrected chi connectivity index (χ0v) is 14.1. The molecule has 0 bridgehead atoms. The number of hydrogen-bond donors (Lipinski definition) is 2. The lowest BCUT2D eigenvalue weighted by Crippen LogP contribution is -3.16. The standard InChI is InChI=1S/C19H24N2O3/c1-14-7-4-5-11-21(14)12-6-10-20-18(22)16-13-15-8-2-3-9-17(15)24-19(16)23/h2-3,8-9,13-14H,4-7,10-12H2,1H3,(H,20,22)/p+1/t14-/m0/s1. The second-order valence-corrected chi connectivity index (χ2v) is 6.65. The highest BCUT2D eigenvalue weighted by atomic mass is 16.4. The van der Waals surface area contributed by atoms with Crippen LogP contribution < -0.4 is 15.8 Å². The topological polar surface area (TPSA) is 63.8 Å². The average Bonchev–Trinajstić information content (AvgIpc) is 2.59. The first-order valence-electron chi connectivity index (χ1n) is 8.81. The highest BCUT2D eigenvalue weighted by Crippen LogP contribution is 2.12. The van der Waals surface area contributed by atoms with Crippen molar-refractivity contribution in [2.24, 2.45) is 0 Å². The number of likely N-dealkylation sites (tertiary alicyclic amines) is 1. The predicted octanol–water partition coefficient (Wildman–Crippen LogP) is 1.37. The molecule has 1 unspecified atom stereocenters. The molecule has 0 saturated carbocycles. The van der Waals surface area contributed by atoms with Crippen molar-refractivity contribution >= 4 is 16.9 Å². The van der Waals surface area contributed by atoms with Crippen molar-refractivity contribution < 1.29 is 14.1 Å². The van der Waals surface area contributed by atoms with Gasteiger partial charge in [0.05, 0.1) is 19.1 Å². The van der Waals surface area contributed by atoms with Crippen LogP contribution in [0.2, 0.25) is 0 Å². The second-order valence-electron chi connectivity index (χ2n) is 6.65. The molecule has 24 heavy (non-hydrogen) atoms. The van der Waals surface area contributed by atoms with Gasteiger partial charge in [0.1, 0.15) is 11.1 Å². The molecule has 1 fully saturated rings. The van der Waals surface area contributed by atoms with Crippen LogP contribution >= 0.6 is 0 Å². The summed E-state index contributed by atoms with van der Waals surface area (Å²) in [6, 6.07) is 9.52. The fraction of sp³-hybridized carbons (Fsp3) is 0.474. The van der Waals surface area contributed by atoms with Crippen LogP contribution in [0.4, 0.5) is 0 Å². The summed E-state index contributed by atoms with van der Waals surface area (Å²) in [7, 11) is 0. The van der Waals surface area contributed by atoms with E-state index in [-0.39, 0.29) is 11.5 Å². The molecule has 1 saturated heterocycles. The first kappa shape index (κ1) is 16.7. The second kappa shape index (κ2) is 7.62. The number of para-hydroxylation sites is 1. The smallest absolute Gasteiger partial charge is 0.349 e. The van der Waals surface area contributed by atoms with Gasteiger partial charge in [0.15, 0.2) is 0 Å². The van der Waals surface area contributed by atoms with Crippen LogP contribution in [-0.4, -0.2) is 31.6 Å². The van der Waals surface area contributed by atoms with E-state index in [4.69, 9.17) is 4.42 Å². The molecule has 0 aliphatic carbocycles. The first-order valence-corrected chi connectivity index (χ1v) is 8.81. The Morgan fingerprint density at radius 1 is 1.33 bits per heavy atom. The lowest BCUT2D eigenvalue weighted by molar-refractivity contribution is -0.928. The molecular formula is C19H25N2O3+. The summed E-state index contributed by atoms with van der Waals surface area (Å²) < 4.78 is 5.21. The SMILES string of the molecule is C[C@H]1CCCC[NH+]1CCCNC(=O)c1cc2ccccc2oc1=O. The van der Waals surface area contributed by atoms with E-state index in [0.717, 1.165) is 18.4 Å². The molecule has 2 N–H and O–H groups in total. The summed E-state index contributed by atoms with van der Waals surface area (Å²) in [5.41, 5.74) is -0.00407. The van der Waals surface area contributed by atoms with E-state index in [9.17, 15) is 9.59 Å². The van der Waals surface area contributed by atoms with Gasteiger partial charge < -0.3 is 14.6 Å². The van der Waals surface area contributed by atoms with Crippen molar-refractivity contribution in [1.29, 1.82) is 0 Å². The molecule has 2 atom stereocenters. The number of hydrogen-bond acceptors (Lipinski definition) is 3. The molecule has 1 aromatic carbocycles. The highest BCUT2D eigenvalue weighted by molar-refractivity contribution is 5.96. The van der Waals surface area contributed by atoms with Crippen LogP contribution in [0.5, 0.6) is 0 Å². The van der Waals surface area contributed by atoms with E-state index < -0.39 is 5.63 Å².